The van der Waals surface area contributed by atoms with Crippen LogP contribution >= 0.6 is 0 Å². The molecule has 0 bridgehead atoms. The Balaban J connectivity index is 1.32. The van der Waals surface area contributed by atoms with Gasteiger partial charge in [-0.1, -0.05) is 127 Å². The predicted molar refractivity (Wildman–Crippen MR) is 178 cm³/mol. The zero-order valence-electron chi connectivity index (χ0n) is 22.4. The van der Waals surface area contributed by atoms with E-state index in [-0.39, 0.29) is 0 Å². The Labute approximate surface area is 237 Å². The molecule has 0 amide bonds. The van der Waals surface area contributed by atoms with E-state index in [4.69, 9.17) is 0 Å². The summed E-state index contributed by atoms with van der Waals surface area (Å²) < 4.78 is 0. The Morgan fingerprint density at radius 3 is 1.73 bits per heavy atom. The molecule has 1 nitrogen and oxygen atoms in total. The second kappa shape index (κ2) is 8.55. The van der Waals surface area contributed by atoms with Crippen molar-refractivity contribution in [3.63, 3.8) is 0 Å². The van der Waals surface area contributed by atoms with Gasteiger partial charge in [0.1, 0.15) is 0 Å². The lowest BCUT2D eigenvalue weighted by Gasteiger charge is -2.18. The molecule has 0 spiro atoms. The van der Waals surface area contributed by atoms with Crippen LogP contribution in [0.4, 0.5) is 11.4 Å². The minimum Gasteiger partial charge on any atom is -0.355 e. The number of benzene rings is 9. The van der Waals surface area contributed by atoms with E-state index in [1.54, 1.807) is 0 Å². The summed E-state index contributed by atoms with van der Waals surface area (Å²) in [6.07, 6.45) is 0. The first kappa shape index (κ1) is 22.4. The van der Waals surface area contributed by atoms with Crippen LogP contribution in [0.3, 0.4) is 0 Å². The normalized spacial score (nSPS) is 11.9. The van der Waals surface area contributed by atoms with Gasteiger partial charge in [-0.05, 0) is 83.2 Å². The van der Waals surface area contributed by atoms with Gasteiger partial charge in [-0.15, -0.1) is 0 Å². The summed E-state index contributed by atoms with van der Waals surface area (Å²) in [6, 6.07) is 53.2. The van der Waals surface area contributed by atoms with Crippen molar-refractivity contribution >= 4 is 76.0 Å². The van der Waals surface area contributed by atoms with Crippen LogP contribution in [0.15, 0.2) is 146 Å². The van der Waals surface area contributed by atoms with Crippen molar-refractivity contribution in [1.82, 2.24) is 0 Å². The number of nitrogens with one attached hydrogen (secondary N) is 1. The molecule has 1 heteroatoms. The van der Waals surface area contributed by atoms with Gasteiger partial charge in [-0.2, -0.15) is 0 Å². The highest BCUT2D eigenvalue weighted by Crippen LogP contribution is 2.44. The molecule has 0 heterocycles. The summed E-state index contributed by atoms with van der Waals surface area (Å²) in [5.74, 6) is 0. The molecule has 0 saturated heterocycles. The van der Waals surface area contributed by atoms with Crippen LogP contribution in [-0.2, 0) is 0 Å². The summed E-state index contributed by atoms with van der Waals surface area (Å²) in [6.45, 7) is 0. The Kier molecular flexibility index (Phi) is 4.67. The van der Waals surface area contributed by atoms with E-state index in [1.165, 1.54) is 75.8 Å². The quantitative estimate of drug-likeness (QED) is 0.229. The first-order chi connectivity index (χ1) is 20.3. The first-order valence-electron chi connectivity index (χ1n) is 14.2. The van der Waals surface area contributed by atoms with Gasteiger partial charge >= 0.3 is 0 Å². The van der Waals surface area contributed by atoms with Gasteiger partial charge in [0, 0.05) is 22.1 Å². The number of anilines is 2. The summed E-state index contributed by atoms with van der Waals surface area (Å²) in [5.41, 5.74) is 4.82. The molecule has 9 aromatic rings. The lowest BCUT2D eigenvalue weighted by molar-refractivity contribution is 1.62. The van der Waals surface area contributed by atoms with Crippen molar-refractivity contribution in [2.75, 3.05) is 5.32 Å². The average Bonchev–Trinajstić information content (AvgIpc) is 3.04. The summed E-state index contributed by atoms with van der Waals surface area (Å²) >= 11 is 0. The number of hydrogen-bond acceptors (Lipinski definition) is 1. The maximum Gasteiger partial charge on any atom is 0.0464 e. The van der Waals surface area contributed by atoms with Gasteiger partial charge in [-0.3, -0.25) is 0 Å². The summed E-state index contributed by atoms with van der Waals surface area (Å²) in [5, 5.41) is 19.1. The van der Waals surface area contributed by atoms with Crippen molar-refractivity contribution in [3.8, 4) is 11.1 Å². The van der Waals surface area contributed by atoms with Crippen LogP contribution in [-0.4, -0.2) is 0 Å². The van der Waals surface area contributed by atoms with E-state index in [0.717, 1.165) is 11.4 Å². The van der Waals surface area contributed by atoms with Crippen molar-refractivity contribution in [2.24, 2.45) is 0 Å². The fourth-order valence-corrected chi connectivity index (χ4v) is 6.90. The Morgan fingerprint density at radius 2 is 0.878 bits per heavy atom. The van der Waals surface area contributed by atoms with Crippen LogP contribution in [0, 0.1) is 0 Å². The van der Waals surface area contributed by atoms with Crippen molar-refractivity contribution in [3.05, 3.63) is 146 Å². The third-order valence-electron chi connectivity index (χ3n) is 8.78. The third kappa shape index (κ3) is 3.30. The second-order valence-corrected chi connectivity index (χ2v) is 11.0. The maximum atomic E-state index is 3.79. The standard InChI is InChI=1S/C40H25N/c1-4-12-30-25(8-1)10-7-15-37(30)41-38-23-19-27-17-21-34-33(20-16-26-18-22-35(38)40(27)39(26)34)36-24-28-9-2-3-11-29(28)31-13-5-6-14-32(31)36/h1-24,41H. The monoisotopic (exact) mass is 519 g/mol. The Hall–Kier alpha value is -5.40. The summed E-state index contributed by atoms with van der Waals surface area (Å²) in [7, 11) is 0. The van der Waals surface area contributed by atoms with Gasteiger partial charge in [0.15, 0.2) is 0 Å². The number of rotatable bonds is 3. The van der Waals surface area contributed by atoms with Gasteiger partial charge in [-0.25, -0.2) is 0 Å². The van der Waals surface area contributed by atoms with Gasteiger partial charge < -0.3 is 5.32 Å². The minimum atomic E-state index is 1.13. The molecule has 0 fully saturated rings. The molecule has 1 N–H and O–H groups in total. The SMILES string of the molecule is c1ccc2c(Nc3ccc4ccc5c(-c6cc7ccccc7c7ccccc67)ccc6ccc3c4c65)cccc2c1. The van der Waals surface area contributed by atoms with E-state index in [2.05, 4.69) is 151 Å². The van der Waals surface area contributed by atoms with Crippen LogP contribution < -0.4 is 5.32 Å². The molecule has 0 saturated carbocycles. The van der Waals surface area contributed by atoms with E-state index < -0.39 is 0 Å². The molecule has 9 rings (SSSR count). The van der Waals surface area contributed by atoms with Crippen LogP contribution in [0.5, 0.6) is 0 Å². The minimum absolute atomic E-state index is 1.13. The fourth-order valence-electron chi connectivity index (χ4n) is 6.90. The highest BCUT2D eigenvalue weighted by Gasteiger charge is 2.16. The number of hydrogen-bond donors (Lipinski definition) is 1. The highest BCUT2D eigenvalue weighted by atomic mass is 14.9. The smallest absolute Gasteiger partial charge is 0.0464 e. The summed E-state index contributed by atoms with van der Waals surface area (Å²) in [4.78, 5) is 0. The predicted octanol–water partition coefficient (Wildman–Crippen LogP) is 11.5. The second-order valence-electron chi connectivity index (χ2n) is 11.0. The molecule has 0 aliphatic rings. The van der Waals surface area contributed by atoms with E-state index in [0.29, 0.717) is 0 Å². The van der Waals surface area contributed by atoms with Crippen LogP contribution in [0.1, 0.15) is 0 Å². The third-order valence-corrected chi connectivity index (χ3v) is 8.78. The van der Waals surface area contributed by atoms with Crippen molar-refractivity contribution in [2.45, 2.75) is 0 Å². The highest BCUT2D eigenvalue weighted by molar-refractivity contribution is 6.28. The van der Waals surface area contributed by atoms with E-state index in [9.17, 15) is 0 Å². The molecule has 0 radical (unpaired) electrons. The molecule has 190 valence electrons. The zero-order chi connectivity index (χ0) is 26.9. The molecular weight excluding hydrogens is 494 g/mol. The van der Waals surface area contributed by atoms with Crippen LogP contribution in [0.2, 0.25) is 0 Å². The zero-order valence-corrected chi connectivity index (χ0v) is 22.4. The molecule has 0 aliphatic carbocycles. The Morgan fingerprint density at radius 1 is 0.293 bits per heavy atom. The topological polar surface area (TPSA) is 12.0 Å². The van der Waals surface area contributed by atoms with Gasteiger partial charge in [0.2, 0.25) is 0 Å². The van der Waals surface area contributed by atoms with Crippen molar-refractivity contribution in [1.29, 1.82) is 0 Å². The first-order valence-corrected chi connectivity index (χ1v) is 14.2. The molecular formula is C40H25N. The molecule has 0 aliphatic heterocycles. The lowest BCUT2D eigenvalue weighted by Crippen LogP contribution is -1.94. The number of fused-ring (bicyclic) bond motifs is 4. The molecule has 0 unspecified atom stereocenters. The Bertz CT molecular complexity index is 2450. The fraction of sp³-hybridized carbons (Fsp3) is 0. The lowest BCUT2D eigenvalue weighted by atomic mass is 9.87. The van der Waals surface area contributed by atoms with Crippen LogP contribution in [0.25, 0.3) is 75.8 Å². The van der Waals surface area contributed by atoms with E-state index >= 15 is 0 Å². The molecule has 0 aromatic heterocycles. The average molecular weight is 520 g/mol. The molecule has 0 atom stereocenters. The van der Waals surface area contributed by atoms with Gasteiger partial charge in [0.05, 0.1) is 0 Å². The van der Waals surface area contributed by atoms with Gasteiger partial charge in [0.25, 0.3) is 0 Å². The van der Waals surface area contributed by atoms with Crippen molar-refractivity contribution < 1.29 is 0 Å². The molecule has 41 heavy (non-hydrogen) atoms. The largest absolute Gasteiger partial charge is 0.355 e. The van der Waals surface area contributed by atoms with E-state index in [1.807, 2.05) is 0 Å². The molecule has 9 aromatic carbocycles. The maximum absolute atomic E-state index is 3.79.